The van der Waals surface area contributed by atoms with Crippen LogP contribution in [0.1, 0.15) is 69.9 Å². The van der Waals surface area contributed by atoms with Gasteiger partial charge in [-0.25, -0.2) is 4.79 Å². The highest BCUT2D eigenvalue weighted by Gasteiger charge is 2.43. The van der Waals surface area contributed by atoms with E-state index in [2.05, 4.69) is 67.7 Å². The molecule has 2 N–H and O–H groups in total. The van der Waals surface area contributed by atoms with Gasteiger partial charge in [0.1, 0.15) is 0 Å². The second-order valence-corrected chi connectivity index (χ2v) is 8.60. The Kier molecular flexibility index (Phi) is 4.20. The smallest absolute Gasteiger partial charge is 0.335 e. The summed E-state index contributed by atoms with van der Waals surface area (Å²) in [6.07, 6.45) is 1.00. The fraction of sp³-hybridized carbons (Fsp3) is 0.269. The number of hydrogen-bond acceptors (Lipinski definition) is 2. The standard InChI is InChI=1S/C26H25NO2/c1-15(2)16-7-9-17(10-8-16)25-22-13-18-5-3-4-6-20(18)24(22)21-14-19(26(28)29)11-12-23(21)27-25/h3-12,14-15,22,24-25,27H,13H2,1-2H3,(H,28,29)/t22-,24-,25+/m1/s1. The van der Waals surface area contributed by atoms with Gasteiger partial charge in [-0.3, -0.25) is 0 Å². The number of aromatic carboxylic acids is 1. The molecule has 0 unspecified atom stereocenters. The zero-order valence-corrected chi connectivity index (χ0v) is 16.7. The van der Waals surface area contributed by atoms with Crippen molar-refractivity contribution >= 4 is 11.7 Å². The van der Waals surface area contributed by atoms with Crippen LogP contribution < -0.4 is 5.32 Å². The van der Waals surface area contributed by atoms with E-state index >= 15 is 0 Å². The maximum atomic E-state index is 11.6. The highest BCUT2D eigenvalue weighted by molar-refractivity contribution is 5.89. The maximum absolute atomic E-state index is 11.6. The predicted octanol–water partition coefficient (Wildman–Crippen LogP) is 5.98. The Morgan fingerprint density at radius 2 is 1.76 bits per heavy atom. The number of nitrogens with one attached hydrogen (secondary N) is 1. The lowest BCUT2D eigenvalue weighted by molar-refractivity contribution is 0.0696. The zero-order valence-electron chi connectivity index (χ0n) is 16.7. The van der Waals surface area contributed by atoms with Crippen LogP contribution in [0, 0.1) is 5.92 Å². The molecule has 0 bridgehead atoms. The Morgan fingerprint density at radius 3 is 2.48 bits per heavy atom. The first kappa shape index (κ1) is 18.0. The molecular formula is C26H25NO2. The van der Waals surface area contributed by atoms with E-state index in [4.69, 9.17) is 0 Å². The Morgan fingerprint density at radius 1 is 1.00 bits per heavy atom. The Balaban J connectivity index is 1.63. The van der Waals surface area contributed by atoms with Crippen LogP contribution in [0.15, 0.2) is 66.7 Å². The molecule has 0 aromatic heterocycles. The van der Waals surface area contributed by atoms with Crippen LogP contribution in [0.4, 0.5) is 5.69 Å². The minimum absolute atomic E-state index is 0.205. The molecule has 3 atom stereocenters. The van der Waals surface area contributed by atoms with Gasteiger partial charge in [-0.1, -0.05) is 62.4 Å². The average Bonchev–Trinajstić information content (AvgIpc) is 3.12. The summed E-state index contributed by atoms with van der Waals surface area (Å²) in [5.41, 5.74) is 7.87. The van der Waals surface area contributed by atoms with Gasteiger partial charge < -0.3 is 10.4 Å². The molecule has 1 aliphatic carbocycles. The number of hydrogen-bond donors (Lipinski definition) is 2. The number of carboxylic acid groups (broad SMARTS) is 1. The first-order valence-corrected chi connectivity index (χ1v) is 10.3. The van der Waals surface area contributed by atoms with Crippen molar-refractivity contribution in [2.45, 2.75) is 38.1 Å². The number of rotatable bonds is 3. The molecule has 0 amide bonds. The number of carboxylic acids is 1. The first-order valence-electron chi connectivity index (χ1n) is 10.3. The molecule has 29 heavy (non-hydrogen) atoms. The monoisotopic (exact) mass is 383 g/mol. The molecule has 0 saturated heterocycles. The van der Waals surface area contributed by atoms with Crippen LogP contribution in [-0.4, -0.2) is 11.1 Å². The molecule has 0 saturated carbocycles. The topological polar surface area (TPSA) is 49.3 Å². The van der Waals surface area contributed by atoms with Gasteiger partial charge in [0, 0.05) is 11.6 Å². The maximum Gasteiger partial charge on any atom is 0.335 e. The van der Waals surface area contributed by atoms with Gasteiger partial charge >= 0.3 is 5.97 Å². The molecule has 2 aliphatic rings. The predicted molar refractivity (Wildman–Crippen MR) is 116 cm³/mol. The van der Waals surface area contributed by atoms with Crippen molar-refractivity contribution in [2.75, 3.05) is 5.32 Å². The number of anilines is 1. The minimum atomic E-state index is -0.873. The van der Waals surface area contributed by atoms with E-state index in [1.807, 2.05) is 12.1 Å². The van der Waals surface area contributed by atoms with Gasteiger partial charge in [-0.2, -0.15) is 0 Å². The second kappa shape index (κ2) is 6.77. The minimum Gasteiger partial charge on any atom is -0.478 e. The summed E-state index contributed by atoms with van der Waals surface area (Å²) in [7, 11) is 0. The lowest BCUT2D eigenvalue weighted by Gasteiger charge is -2.38. The van der Waals surface area contributed by atoms with E-state index in [9.17, 15) is 9.90 Å². The molecule has 3 aromatic rings. The van der Waals surface area contributed by atoms with Crippen molar-refractivity contribution in [1.82, 2.24) is 0 Å². The molecule has 3 aromatic carbocycles. The van der Waals surface area contributed by atoms with Crippen LogP contribution in [0.3, 0.4) is 0 Å². The summed E-state index contributed by atoms with van der Waals surface area (Å²) in [6, 6.07) is 23.3. The van der Waals surface area contributed by atoms with Gasteiger partial charge in [0.2, 0.25) is 0 Å². The summed E-state index contributed by atoms with van der Waals surface area (Å²) in [5.74, 6) is 0.231. The zero-order chi connectivity index (χ0) is 20.1. The quantitative estimate of drug-likeness (QED) is 0.585. The fourth-order valence-electron chi connectivity index (χ4n) is 5.11. The van der Waals surface area contributed by atoms with Crippen molar-refractivity contribution in [3.63, 3.8) is 0 Å². The van der Waals surface area contributed by atoms with E-state index in [-0.39, 0.29) is 12.0 Å². The Labute approximate surface area is 171 Å². The van der Waals surface area contributed by atoms with Crippen molar-refractivity contribution < 1.29 is 9.90 Å². The summed E-state index contributed by atoms with van der Waals surface area (Å²) in [4.78, 5) is 11.6. The lowest BCUT2D eigenvalue weighted by atomic mass is 9.75. The average molecular weight is 383 g/mol. The number of benzene rings is 3. The highest BCUT2D eigenvalue weighted by Crippen LogP contribution is 2.53. The van der Waals surface area contributed by atoms with Gasteiger partial charge in [-0.15, -0.1) is 0 Å². The molecular weight excluding hydrogens is 358 g/mol. The summed E-state index contributed by atoms with van der Waals surface area (Å²) in [5, 5.41) is 13.2. The normalized spacial score (nSPS) is 21.8. The summed E-state index contributed by atoms with van der Waals surface area (Å²) >= 11 is 0. The van der Waals surface area contributed by atoms with Crippen LogP contribution in [0.5, 0.6) is 0 Å². The number of carbonyl (C=O) groups is 1. The third-order valence-corrected chi connectivity index (χ3v) is 6.61. The molecule has 1 heterocycles. The van der Waals surface area contributed by atoms with E-state index in [1.54, 1.807) is 6.07 Å². The lowest BCUT2D eigenvalue weighted by Crippen LogP contribution is -2.30. The molecule has 0 fully saturated rings. The molecule has 0 radical (unpaired) electrons. The molecule has 0 spiro atoms. The number of fused-ring (bicyclic) bond motifs is 5. The van der Waals surface area contributed by atoms with Crippen molar-refractivity contribution in [1.29, 1.82) is 0 Å². The Hall–Kier alpha value is -3.07. The SMILES string of the molecule is CC(C)c1ccc([C@@H]2Nc3ccc(C(=O)O)cc3[C@H]3c4ccccc4C[C@H]32)cc1. The molecule has 146 valence electrons. The van der Waals surface area contributed by atoms with Crippen LogP contribution in [-0.2, 0) is 6.42 Å². The third kappa shape index (κ3) is 2.93. The first-order chi connectivity index (χ1) is 14.0. The van der Waals surface area contributed by atoms with Crippen LogP contribution >= 0.6 is 0 Å². The van der Waals surface area contributed by atoms with Crippen molar-refractivity contribution in [3.05, 3.63) is 100 Å². The molecule has 5 rings (SSSR count). The van der Waals surface area contributed by atoms with E-state index in [1.165, 1.54) is 22.3 Å². The van der Waals surface area contributed by atoms with Crippen LogP contribution in [0.2, 0.25) is 0 Å². The van der Waals surface area contributed by atoms with Gasteiger partial charge in [0.25, 0.3) is 0 Å². The fourth-order valence-corrected chi connectivity index (χ4v) is 5.11. The summed E-state index contributed by atoms with van der Waals surface area (Å²) in [6.45, 7) is 4.43. The van der Waals surface area contributed by atoms with E-state index in [0.29, 0.717) is 17.4 Å². The molecule has 3 nitrogen and oxygen atoms in total. The molecule has 1 aliphatic heterocycles. The van der Waals surface area contributed by atoms with Crippen LogP contribution in [0.25, 0.3) is 0 Å². The van der Waals surface area contributed by atoms with E-state index in [0.717, 1.165) is 17.7 Å². The van der Waals surface area contributed by atoms with Crippen molar-refractivity contribution in [2.24, 2.45) is 5.92 Å². The molecule has 3 heteroatoms. The van der Waals surface area contributed by atoms with Gasteiger partial charge in [-0.05, 0) is 64.3 Å². The third-order valence-electron chi connectivity index (χ3n) is 6.61. The van der Waals surface area contributed by atoms with E-state index < -0.39 is 5.97 Å². The summed E-state index contributed by atoms with van der Waals surface area (Å²) < 4.78 is 0. The largest absolute Gasteiger partial charge is 0.478 e. The van der Waals surface area contributed by atoms with Gasteiger partial charge in [0.05, 0.1) is 11.6 Å². The van der Waals surface area contributed by atoms with Gasteiger partial charge in [0.15, 0.2) is 0 Å². The Bertz CT molecular complexity index is 1080. The highest BCUT2D eigenvalue weighted by atomic mass is 16.4. The second-order valence-electron chi connectivity index (χ2n) is 8.60. The van der Waals surface area contributed by atoms with Crippen molar-refractivity contribution in [3.8, 4) is 0 Å².